The van der Waals surface area contributed by atoms with Crippen LogP contribution in [0.1, 0.15) is 17.7 Å². The zero-order valence-electron chi connectivity index (χ0n) is 7.50. The molecule has 76 valence electrons. The largest absolute Gasteiger partial charge is 0.396 e. The lowest BCUT2D eigenvalue weighted by Crippen LogP contribution is -2.19. The zero-order valence-corrected chi connectivity index (χ0v) is 9.02. The lowest BCUT2D eigenvalue weighted by atomic mass is 9.88. The van der Waals surface area contributed by atoms with Gasteiger partial charge in [0.2, 0.25) is 5.28 Å². The molecule has 0 radical (unpaired) electrons. The fourth-order valence-corrected chi connectivity index (χ4v) is 2.26. The molecule has 1 heterocycles. The molecule has 1 atom stereocenters. The summed E-state index contributed by atoms with van der Waals surface area (Å²) in [6.07, 6.45) is 2.51. The summed E-state index contributed by atoms with van der Waals surface area (Å²) in [5.41, 5.74) is 1.88. The Bertz CT molecular complexity index is 357. The third-order valence-corrected chi connectivity index (χ3v) is 3.04. The number of hydrogen-bond acceptors (Lipinski definition) is 3. The van der Waals surface area contributed by atoms with Crippen LogP contribution in [0.2, 0.25) is 10.4 Å². The van der Waals surface area contributed by atoms with Gasteiger partial charge in [-0.05, 0) is 36.8 Å². The summed E-state index contributed by atoms with van der Waals surface area (Å²) in [6.45, 7) is 0.193. The molecule has 3 nitrogen and oxygen atoms in total. The minimum Gasteiger partial charge on any atom is -0.396 e. The highest BCUT2D eigenvalue weighted by atomic mass is 35.5. The van der Waals surface area contributed by atoms with Crippen molar-refractivity contribution in [3.8, 4) is 0 Å². The summed E-state index contributed by atoms with van der Waals surface area (Å²) in [5, 5.41) is 9.69. The van der Waals surface area contributed by atoms with E-state index in [1.807, 2.05) is 0 Å². The van der Waals surface area contributed by atoms with Crippen LogP contribution in [0.5, 0.6) is 0 Å². The summed E-state index contributed by atoms with van der Waals surface area (Å²) in [6, 6.07) is 0. The molecule has 0 aromatic carbocycles. The van der Waals surface area contributed by atoms with Gasteiger partial charge in [-0.25, -0.2) is 9.97 Å². The smallest absolute Gasteiger partial charge is 0.224 e. The first-order valence-electron chi connectivity index (χ1n) is 4.52. The number of hydrogen-bond donors (Lipinski definition) is 1. The van der Waals surface area contributed by atoms with E-state index < -0.39 is 0 Å². The molecule has 1 aliphatic rings. The van der Waals surface area contributed by atoms with Gasteiger partial charge in [-0.1, -0.05) is 11.6 Å². The van der Waals surface area contributed by atoms with Gasteiger partial charge in [-0.3, -0.25) is 0 Å². The SMILES string of the molecule is OCC1CCc2nc(Cl)nc(Cl)c2C1. The highest BCUT2D eigenvalue weighted by Gasteiger charge is 2.22. The van der Waals surface area contributed by atoms with E-state index in [4.69, 9.17) is 28.3 Å². The van der Waals surface area contributed by atoms with Crippen LogP contribution >= 0.6 is 23.2 Å². The van der Waals surface area contributed by atoms with E-state index in [9.17, 15) is 0 Å². The van der Waals surface area contributed by atoms with Gasteiger partial charge in [-0.15, -0.1) is 0 Å². The van der Waals surface area contributed by atoms with Crippen LogP contribution in [0.25, 0.3) is 0 Å². The zero-order chi connectivity index (χ0) is 10.1. The second kappa shape index (κ2) is 4.01. The maximum atomic E-state index is 9.05. The monoisotopic (exact) mass is 232 g/mol. The van der Waals surface area contributed by atoms with Crippen LogP contribution in [0.15, 0.2) is 0 Å². The quantitative estimate of drug-likeness (QED) is 0.595. The lowest BCUT2D eigenvalue weighted by Gasteiger charge is -2.22. The van der Waals surface area contributed by atoms with Crippen molar-refractivity contribution in [1.29, 1.82) is 0 Å². The molecule has 5 heteroatoms. The van der Waals surface area contributed by atoms with Gasteiger partial charge in [0.25, 0.3) is 0 Å². The molecule has 0 amide bonds. The van der Waals surface area contributed by atoms with Crippen LogP contribution in [0, 0.1) is 5.92 Å². The first-order valence-corrected chi connectivity index (χ1v) is 5.28. The Morgan fingerprint density at radius 2 is 2.14 bits per heavy atom. The molecule has 0 spiro atoms. The number of halogens is 2. The van der Waals surface area contributed by atoms with E-state index in [0.717, 1.165) is 30.5 Å². The Labute approximate surface area is 92.1 Å². The fourth-order valence-electron chi connectivity index (χ4n) is 1.77. The van der Waals surface area contributed by atoms with Crippen molar-refractivity contribution in [3.05, 3.63) is 21.7 Å². The number of fused-ring (bicyclic) bond motifs is 1. The van der Waals surface area contributed by atoms with Gasteiger partial charge < -0.3 is 5.11 Å². The number of rotatable bonds is 1. The Morgan fingerprint density at radius 3 is 2.86 bits per heavy atom. The third-order valence-electron chi connectivity index (χ3n) is 2.56. The molecule has 14 heavy (non-hydrogen) atoms. The van der Waals surface area contributed by atoms with Crippen LogP contribution in [0.4, 0.5) is 0 Å². The Hall–Kier alpha value is -0.380. The fraction of sp³-hybridized carbons (Fsp3) is 0.556. The molecule has 1 aromatic rings. The third kappa shape index (κ3) is 1.85. The Morgan fingerprint density at radius 1 is 1.36 bits per heavy atom. The number of aryl methyl sites for hydroxylation is 1. The van der Waals surface area contributed by atoms with Gasteiger partial charge in [0.05, 0.1) is 5.69 Å². The molecule has 0 fully saturated rings. The standard InChI is InChI=1S/C9H10Cl2N2O/c10-8-6-3-5(4-14)1-2-7(6)12-9(11)13-8/h5,14H,1-4H2. The molecule has 0 bridgehead atoms. The summed E-state index contributed by atoms with van der Waals surface area (Å²) < 4.78 is 0. The first kappa shape index (κ1) is 10.1. The molecule has 0 saturated carbocycles. The molecule has 2 rings (SSSR count). The average Bonchev–Trinajstić information content (AvgIpc) is 2.17. The van der Waals surface area contributed by atoms with E-state index in [2.05, 4.69) is 9.97 Å². The number of aliphatic hydroxyl groups excluding tert-OH is 1. The van der Waals surface area contributed by atoms with Crippen LogP contribution in [0.3, 0.4) is 0 Å². The first-order chi connectivity index (χ1) is 6.70. The molecular weight excluding hydrogens is 223 g/mol. The molecule has 1 N–H and O–H groups in total. The summed E-state index contributed by atoms with van der Waals surface area (Å²) in [7, 11) is 0. The van der Waals surface area contributed by atoms with Crippen molar-refractivity contribution in [1.82, 2.24) is 9.97 Å². The predicted octanol–water partition coefficient (Wildman–Crippen LogP) is 1.88. The summed E-state index contributed by atoms with van der Waals surface area (Å²) >= 11 is 11.6. The van der Waals surface area contributed by atoms with Crippen molar-refractivity contribution in [2.45, 2.75) is 19.3 Å². The van der Waals surface area contributed by atoms with E-state index >= 15 is 0 Å². The van der Waals surface area contributed by atoms with E-state index in [1.165, 1.54) is 0 Å². The van der Waals surface area contributed by atoms with Gasteiger partial charge in [-0.2, -0.15) is 0 Å². The van der Waals surface area contributed by atoms with Gasteiger partial charge in [0.15, 0.2) is 0 Å². The molecule has 1 aromatic heterocycles. The second-order valence-corrected chi connectivity index (χ2v) is 4.20. The maximum absolute atomic E-state index is 9.05. The van der Waals surface area contributed by atoms with Crippen LogP contribution in [-0.4, -0.2) is 21.7 Å². The minimum atomic E-state index is 0.193. The summed E-state index contributed by atoms with van der Waals surface area (Å²) in [4.78, 5) is 8.03. The predicted molar refractivity (Wildman–Crippen MR) is 54.7 cm³/mol. The van der Waals surface area contributed by atoms with Crippen molar-refractivity contribution in [2.24, 2.45) is 5.92 Å². The van der Waals surface area contributed by atoms with Gasteiger partial charge in [0, 0.05) is 12.2 Å². The molecular formula is C9H10Cl2N2O. The maximum Gasteiger partial charge on any atom is 0.224 e. The molecule has 0 saturated heterocycles. The van der Waals surface area contributed by atoms with Gasteiger partial charge >= 0.3 is 0 Å². The lowest BCUT2D eigenvalue weighted by molar-refractivity contribution is 0.212. The average molecular weight is 233 g/mol. The van der Waals surface area contributed by atoms with E-state index in [1.54, 1.807) is 0 Å². The van der Waals surface area contributed by atoms with Crippen molar-refractivity contribution >= 4 is 23.2 Å². The van der Waals surface area contributed by atoms with Crippen LogP contribution < -0.4 is 0 Å². The normalized spacial score (nSPS) is 20.6. The van der Waals surface area contributed by atoms with Crippen molar-refractivity contribution < 1.29 is 5.11 Å². The Balaban J connectivity index is 2.37. The number of aromatic nitrogens is 2. The highest BCUT2D eigenvalue weighted by Crippen LogP contribution is 2.29. The van der Waals surface area contributed by atoms with E-state index in [-0.39, 0.29) is 17.8 Å². The second-order valence-electron chi connectivity index (χ2n) is 3.50. The Kier molecular flexibility index (Phi) is 2.91. The van der Waals surface area contributed by atoms with Crippen molar-refractivity contribution in [2.75, 3.05) is 6.61 Å². The molecule has 0 aliphatic heterocycles. The number of aliphatic hydroxyl groups is 1. The van der Waals surface area contributed by atoms with E-state index in [0.29, 0.717) is 5.15 Å². The molecule has 1 aliphatic carbocycles. The topological polar surface area (TPSA) is 46.0 Å². The highest BCUT2D eigenvalue weighted by molar-refractivity contribution is 6.32. The molecule has 1 unspecified atom stereocenters. The van der Waals surface area contributed by atoms with Gasteiger partial charge in [0.1, 0.15) is 5.15 Å². The van der Waals surface area contributed by atoms with Crippen molar-refractivity contribution in [3.63, 3.8) is 0 Å². The number of nitrogens with zero attached hydrogens (tertiary/aromatic N) is 2. The van der Waals surface area contributed by atoms with Crippen LogP contribution in [-0.2, 0) is 12.8 Å². The minimum absolute atomic E-state index is 0.193. The summed E-state index contributed by atoms with van der Waals surface area (Å²) in [5.74, 6) is 0.282.